The zero-order valence-electron chi connectivity index (χ0n) is 12.8. The Hall–Kier alpha value is -1.27. The largest absolute Gasteiger partial charge is 0.497 e. The summed E-state index contributed by atoms with van der Waals surface area (Å²) in [6.45, 7) is 0. The minimum Gasteiger partial charge on any atom is -0.497 e. The van der Waals surface area contributed by atoms with Crippen molar-refractivity contribution in [3.63, 3.8) is 0 Å². The first-order valence-corrected chi connectivity index (χ1v) is 8.64. The molecule has 5 nitrogen and oxygen atoms in total. The van der Waals surface area contributed by atoms with Gasteiger partial charge in [0.05, 0.1) is 14.2 Å². The molecule has 1 aliphatic carbocycles. The van der Waals surface area contributed by atoms with E-state index in [9.17, 15) is 8.42 Å². The zero-order chi connectivity index (χ0) is 15.5. The number of sulfonamides is 1. The van der Waals surface area contributed by atoms with Gasteiger partial charge in [-0.2, -0.15) is 4.31 Å². The molecule has 1 saturated carbocycles. The van der Waals surface area contributed by atoms with Crippen LogP contribution in [-0.2, 0) is 10.0 Å². The summed E-state index contributed by atoms with van der Waals surface area (Å²) in [7, 11) is 1.06. The fourth-order valence-electron chi connectivity index (χ4n) is 2.78. The number of nitrogens with zero attached hydrogens (tertiary/aromatic N) is 1. The molecule has 1 aromatic rings. The van der Waals surface area contributed by atoms with Crippen LogP contribution in [0.5, 0.6) is 11.5 Å². The van der Waals surface area contributed by atoms with Crippen LogP contribution in [0.1, 0.15) is 32.1 Å². The first kappa shape index (κ1) is 16.1. The summed E-state index contributed by atoms with van der Waals surface area (Å²) in [5.74, 6) is 0.852. The summed E-state index contributed by atoms with van der Waals surface area (Å²) in [5, 5.41) is 0. The van der Waals surface area contributed by atoms with Crippen molar-refractivity contribution in [1.29, 1.82) is 0 Å². The summed E-state index contributed by atoms with van der Waals surface area (Å²) in [5.41, 5.74) is 0. The number of methoxy groups -OCH3 is 2. The molecule has 0 spiro atoms. The molecular formula is C15H23NO4S. The van der Waals surface area contributed by atoms with Crippen LogP contribution < -0.4 is 9.47 Å². The van der Waals surface area contributed by atoms with Crippen LogP contribution in [-0.4, -0.2) is 40.0 Å². The van der Waals surface area contributed by atoms with Gasteiger partial charge in [0.2, 0.25) is 10.0 Å². The Morgan fingerprint density at radius 3 is 2.33 bits per heavy atom. The lowest BCUT2D eigenvalue weighted by Crippen LogP contribution is -2.38. The molecule has 6 heteroatoms. The highest BCUT2D eigenvalue weighted by Crippen LogP contribution is 2.33. The Morgan fingerprint density at radius 2 is 1.76 bits per heavy atom. The van der Waals surface area contributed by atoms with Crippen LogP contribution in [0.3, 0.4) is 0 Å². The molecule has 0 radical (unpaired) electrons. The Kier molecular flexibility index (Phi) is 5.11. The molecule has 0 amide bonds. The van der Waals surface area contributed by atoms with Crippen molar-refractivity contribution in [1.82, 2.24) is 4.31 Å². The summed E-state index contributed by atoms with van der Waals surface area (Å²) in [6.07, 6.45) is 5.19. The van der Waals surface area contributed by atoms with Gasteiger partial charge in [-0.05, 0) is 25.0 Å². The summed E-state index contributed by atoms with van der Waals surface area (Å²) in [4.78, 5) is 0.164. The van der Waals surface area contributed by atoms with Crippen molar-refractivity contribution in [2.75, 3.05) is 21.3 Å². The second-order valence-electron chi connectivity index (χ2n) is 5.33. The lowest BCUT2D eigenvalue weighted by Gasteiger charge is -2.30. The van der Waals surface area contributed by atoms with E-state index in [4.69, 9.17) is 9.47 Å². The Labute approximate surface area is 126 Å². The van der Waals surface area contributed by atoms with Crippen molar-refractivity contribution in [2.45, 2.75) is 43.0 Å². The van der Waals surface area contributed by atoms with Crippen molar-refractivity contribution < 1.29 is 17.9 Å². The van der Waals surface area contributed by atoms with Crippen LogP contribution in [0, 0.1) is 0 Å². The smallest absolute Gasteiger partial charge is 0.246 e. The van der Waals surface area contributed by atoms with Crippen LogP contribution in [0.25, 0.3) is 0 Å². The number of ether oxygens (including phenoxy) is 2. The van der Waals surface area contributed by atoms with E-state index in [1.165, 1.54) is 31.0 Å². The third-order valence-electron chi connectivity index (χ3n) is 4.12. The number of hydrogen-bond donors (Lipinski definition) is 0. The summed E-state index contributed by atoms with van der Waals surface area (Å²) < 4.78 is 37.6. The van der Waals surface area contributed by atoms with Crippen LogP contribution in [0.15, 0.2) is 23.1 Å². The predicted octanol–water partition coefficient (Wildman–Crippen LogP) is 2.66. The molecule has 118 valence electrons. The van der Waals surface area contributed by atoms with E-state index in [0.29, 0.717) is 11.5 Å². The quantitative estimate of drug-likeness (QED) is 0.838. The van der Waals surface area contributed by atoms with Gasteiger partial charge in [-0.3, -0.25) is 0 Å². The fraction of sp³-hybridized carbons (Fsp3) is 0.600. The van der Waals surface area contributed by atoms with Gasteiger partial charge in [0, 0.05) is 19.2 Å². The normalized spacial score (nSPS) is 17.0. The van der Waals surface area contributed by atoms with Crippen molar-refractivity contribution in [3.8, 4) is 11.5 Å². The third kappa shape index (κ3) is 3.32. The topological polar surface area (TPSA) is 55.8 Å². The molecule has 0 aliphatic heterocycles. The second kappa shape index (κ2) is 6.66. The maximum absolute atomic E-state index is 12.9. The monoisotopic (exact) mass is 313 g/mol. The molecule has 21 heavy (non-hydrogen) atoms. The molecule has 1 fully saturated rings. The maximum Gasteiger partial charge on any atom is 0.246 e. The maximum atomic E-state index is 12.9. The minimum atomic E-state index is -3.59. The van der Waals surface area contributed by atoms with E-state index in [0.717, 1.165) is 25.7 Å². The van der Waals surface area contributed by atoms with Gasteiger partial charge in [0.25, 0.3) is 0 Å². The van der Waals surface area contributed by atoms with Gasteiger partial charge in [-0.1, -0.05) is 19.3 Å². The van der Waals surface area contributed by atoms with Gasteiger partial charge < -0.3 is 9.47 Å². The Bertz CT molecular complexity index is 579. The van der Waals surface area contributed by atoms with Gasteiger partial charge in [-0.15, -0.1) is 0 Å². The molecule has 0 aromatic heterocycles. The average molecular weight is 313 g/mol. The van der Waals surface area contributed by atoms with Gasteiger partial charge in [0.1, 0.15) is 16.4 Å². The molecule has 0 N–H and O–H groups in total. The molecular weight excluding hydrogens is 290 g/mol. The van der Waals surface area contributed by atoms with Gasteiger partial charge in [-0.25, -0.2) is 8.42 Å². The van der Waals surface area contributed by atoms with E-state index < -0.39 is 10.0 Å². The van der Waals surface area contributed by atoms with Crippen molar-refractivity contribution in [2.24, 2.45) is 0 Å². The molecule has 1 aliphatic rings. The Morgan fingerprint density at radius 1 is 1.10 bits per heavy atom. The second-order valence-corrected chi connectivity index (χ2v) is 7.30. The SMILES string of the molecule is COc1ccc(OC)c(S(=O)(=O)N(C)C2CCCCC2)c1. The first-order valence-electron chi connectivity index (χ1n) is 7.20. The molecule has 0 atom stereocenters. The van der Waals surface area contributed by atoms with E-state index >= 15 is 0 Å². The zero-order valence-corrected chi connectivity index (χ0v) is 13.6. The third-order valence-corrected chi connectivity index (χ3v) is 6.05. The molecule has 2 rings (SSSR count). The highest BCUT2D eigenvalue weighted by molar-refractivity contribution is 7.89. The standard InChI is InChI=1S/C15H23NO4S/c1-16(12-7-5-4-6-8-12)21(17,18)15-11-13(19-2)9-10-14(15)20-3/h9-12H,4-8H2,1-3H3. The number of hydrogen-bond acceptors (Lipinski definition) is 4. The van der Waals surface area contributed by atoms with Crippen LogP contribution >= 0.6 is 0 Å². The molecule has 0 saturated heterocycles. The van der Waals surface area contributed by atoms with E-state index in [1.54, 1.807) is 19.2 Å². The van der Waals surface area contributed by atoms with Gasteiger partial charge >= 0.3 is 0 Å². The van der Waals surface area contributed by atoms with E-state index in [1.807, 2.05) is 0 Å². The van der Waals surface area contributed by atoms with Crippen LogP contribution in [0.2, 0.25) is 0 Å². The highest BCUT2D eigenvalue weighted by atomic mass is 32.2. The van der Waals surface area contributed by atoms with Crippen molar-refractivity contribution in [3.05, 3.63) is 18.2 Å². The Balaban J connectivity index is 2.37. The first-order chi connectivity index (χ1) is 10.0. The highest BCUT2D eigenvalue weighted by Gasteiger charge is 2.31. The molecule has 0 unspecified atom stereocenters. The molecule has 0 bridgehead atoms. The number of benzene rings is 1. The lowest BCUT2D eigenvalue weighted by atomic mass is 9.96. The fourth-order valence-corrected chi connectivity index (χ4v) is 4.37. The van der Waals surface area contributed by atoms with Crippen LogP contribution in [0.4, 0.5) is 0 Å². The van der Waals surface area contributed by atoms with Crippen molar-refractivity contribution >= 4 is 10.0 Å². The summed E-state index contributed by atoms with van der Waals surface area (Å²) >= 11 is 0. The average Bonchev–Trinajstić information content (AvgIpc) is 2.54. The van der Waals surface area contributed by atoms with E-state index in [2.05, 4.69) is 0 Å². The summed E-state index contributed by atoms with van der Waals surface area (Å²) in [6, 6.07) is 4.91. The molecule has 1 aromatic carbocycles. The minimum absolute atomic E-state index is 0.0691. The van der Waals surface area contributed by atoms with E-state index in [-0.39, 0.29) is 10.9 Å². The molecule has 0 heterocycles. The number of rotatable bonds is 5. The van der Waals surface area contributed by atoms with Gasteiger partial charge in [0.15, 0.2) is 0 Å². The predicted molar refractivity (Wildman–Crippen MR) is 81.4 cm³/mol. The lowest BCUT2D eigenvalue weighted by molar-refractivity contribution is 0.284.